The van der Waals surface area contributed by atoms with Crippen LogP contribution in [0.2, 0.25) is 0 Å². The van der Waals surface area contributed by atoms with Crippen molar-refractivity contribution in [3.05, 3.63) is 29.3 Å². The lowest BCUT2D eigenvalue weighted by Gasteiger charge is -2.11. The van der Waals surface area contributed by atoms with E-state index >= 15 is 0 Å². The maximum Gasteiger partial charge on any atom is 0.294 e. The van der Waals surface area contributed by atoms with E-state index in [4.69, 9.17) is 4.74 Å². The van der Waals surface area contributed by atoms with Crippen molar-refractivity contribution < 1.29 is 23.9 Å². The molecule has 5 heteroatoms. The first-order chi connectivity index (χ1) is 9.06. The Kier molecular flexibility index (Phi) is 3.64. The molecule has 0 saturated heterocycles. The zero-order valence-corrected chi connectivity index (χ0v) is 10.7. The molecule has 5 nitrogen and oxygen atoms in total. The number of ether oxygens (including phenoxy) is 2. The van der Waals surface area contributed by atoms with Gasteiger partial charge < -0.3 is 9.47 Å². The largest absolute Gasteiger partial charge is 0.493 e. The Labute approximate surface area is 110 Å². The third kappa shape index (κ3) is 2.36. The Hall–Kier alpha value is -2.17. The zero-order valence-electron chi connectivity index (χ0n) is 10.7. The number of carbonyl (C=O) groups is 3. The second-order valence-corrected chi connectivity index (χ2v) is 4.72. The van der Waals surface area contributed by atoms with Crippen LogP contribution in [0.1, 0.15) is 34.6 Å². The minimum atomic E-state index is -1.36. The molecule has 0 saturated carbocycles. The van der Waals surface area contributed by atoms with Gasteiger partial charge in [0.15, 0.2) is 0 Å². The lowest BCUT2D eigenvalue weighted by Crippen LogP contribution is -2.25. The maximum absolute atomic E-state index is 12.1. The minimum Gasteiger partial charge on any atom is -0.493 e. The highest BCUT2D eigenvalue weighted by Gasteiger charge is 2.42. The fourth-order valence-electron chi connectivity index (χ4n) is 1.94. The van der Waals surface area contributed by atoms with Gasteiger partial charge in [-0.25, -0.2) is 0 Å². The summed E-state index contributed by atoms with van der Waals surface area (Å²) in [6.45, 7) is 4.51. The van der Waals surface area contributed by atoms with Gasteiger partial charge in [0.1, 0.15) is 5.75 Å². The number of Topliss-reactive ketones (excluding diaryl/α,β-unsaturated/α-hetero) is 2. The minimum absolute atomic E-state index is 0.112. The second-order valence-electron chi connectivity index (χ2n) is 4.72. The van der Waals surface area contributed by atoms with Crippen molar-refractivity contribution in [2.45, 2.75) is 20.0 Å². The van der Waals surface area contributed by atoms with E-state index in [9.17, 15) is 14.4 Å². The molecule has 1 aliphatic rings. The molecule has 100 valence electrons. The Morgan fingerprint density at radius 1 is 1.26 bits per heavy atom. The summed E-state index contributed by atoms with van der Waals surface area (Å²) < 4.78 is 10.1. The van der Waals surface area contributed by atoms with Gasteiger partial charge in [-0.05, 0) is 12.0 Å². The molecule has 0 amide bonds. The van der Waals surface area contributed by atoms with Gasteiger partial charge in [-0.2, -0.15) is 0 Å². The maximum atomic E-state index is 12.1. The summed E-state index contributed by atoms with van der Waals surface area (Å²) in [5.41, 5.74) is 0.457. The van der Waals surface area contributed by atoms with Crippen LogP contribution in [0, 0.1) is 5.92 Å². The molecule has 1 aromatic carbocycles. The number of ketones is 2. The van der Waals surface area contributed by atoms with Crippen molar-refractivity contribution in [1.29, 1.82) is 0 Å². The molecule has 0 aromatic heterocycles. The summed E-state index contributed by atoms with van der Waals surface area (Å²) in [7, 11) is 0. The number of hydrogen-bond acceptors (Lipinski definition) is 5. The molecule has 1 aromatic rings. The van der Waals surface area contributed by atoms with Gasteiger partial charge in [-0.3, -0.25) is 14.4 Å². The van der Waals surface area contributed by atoms with Crippen LogP contribution in [0.5, 0.6) is 5.75 Å². The molecular formula is C14H14O5. The van der Waals surface area contributed by atoms with Gasteiger partial charge >= 0.3 is 0 Å². The van der Waals surface area contributed by atoms with Crippen LogP contribution in [0.25, 0.3) is 0 Å². The predicted molar refractivity (Wildman–Crippen MR) is 66.4 cm³/mol. The van der Waals surface area contributed by atoms with Gasteiger partial charge in [0.2, 0.25) is 17.7 Å². The van der Waals surface area contributed by atoms with Crippen LogP contribution in [0.15, 0.2) is 18.2 Å². The smallest absolute Gasteiger partial charge is 0.294 e. The lowest BCUT2D eigenvalue weighted by atomic mass is 10.1. The molecule has 0 N–H and O–H groups in total. The van der Waals surface area contributed by atoms with Crippen molar-refractivity contribution in [3.63, 3.8) is 0 Å². The van der Waals surface area contributed by atoms with Crippen LogP contribution < -0.4 is 4.74 Å². The van der Waals surface area contributed by atoms with Crippen LogP contribution in [-0.2, 0) is 9.53 Å². The number of fused-ring (bicyclic) bond motifs is 1. The highest BCUT2D eigenvalue weighted by molar-refractivity contribution is 6.30. The number of carbonyl (C=O) groups excluding carboxylic acids is 3. The molecule has 0 fully saturated rings. The van der Waals surface area contributed by atoms with E-state index in [1.807, 2.05) is 13.8 Å². The third-order valence-corrected chi connectivity index (χ3v) is 2.78. The zero-order chi connectivity index (χ0) is 14.0. The van der Waals surface area contributed by atoms with Gasteiger partial charge in [0.25, 0.3) is 6.47 Å². The van der Waals surface area contributed by atoms with Crippen LogP contribution in [-0.4, -0.2) is 30.7 Å². The van der Waals surface area contributed by atoms with Crippen molar-refractivity contribution in [2.75, 3.05) is 6.61 Å². The molecule has 19 heavy (non-hydrogen) atoms. The Balaban J connectivity index is 2.36. The van der Waals surface area contributed by atoms with Gasteiger partial charge in [0.05, 0.1) is 12.2 Å². The van der Waals surface area contributed by atoms with Gasteiger partial charge in [-0.15, -0.1) is 0 Å². The van der Waals surface area contributed by atoms with E-state index in [1.165, 1.54) is 6.07 Å². The molecule has 1 atom stereocenters. The summed E-state index contributed by atoms with van der Waals surface area (Å²) in [6.07, 6.45) is -1.36. The molecule has 0 heterocycles. The molecule has 0 bridgehead atoms. The summed E-state index contributed by atoms with van der Waals surface area (Å²) in [5, 5.41) is 0. The van der Waals surface area contributed by atoms with Crippen molar-refractivity contribution >= 4 is 18.0 Å². The topological polar surface area (TPSA) is 69.7 Å². The Morgan fingerprint density at radius 2 is 2.00 bits per heavy atom. The van der Waals surface area contributed by atoms with Gasteiger partial charge in [-0.1, -0.05) is 26.0 Å². The average molecular weight is 262 g/mol. The van der Waals surface area contributed by atoms with E-state index in [0.717, 1.165) is 0 Å². The fourth-order valence-corrected chi connectivity index (χ4v) is 1.94. The highest BCUT2D eigenvalue weighted by Crippen LogP contribution is 2.32. The number of benzene rings is 1. The van der Waals surface area contributed by atoms with E-state index in [1.54, 1.807) is 12.1 Å². The monoisotopic (exact) mass is 262 g/mol. The molecule has 1 aliphatic carbocycles. The molecule has 1 unspecified atom stereocenters. The first-order valence-corrected chi connectivity index (χ1v) is 5.99. The van der Waals surface area contributed by atoms with Crippen molar-refractivity contribution in [2.24, 2.45) is 5.92 Å². The summed E-state index contributed by atoms with van der Waals surface area (Å²) >= 11 is 0. The number of rotatable bonds is 5. The second kappa shape index (κ2) is 5.22. The molecular weight excluding hydrogens is 248 g/mol. The van der Waals surface area contributed by atoms with Crippen LogP contribution >= 0.6 is 0 Å². The Bertz CT molecular complexity index is 533. The van der Waals surface area contributed by atoms with E-state index < -0.39 is 17.7 Å². The van der Waals surface area contributed by atoms with Crippen molar-refractivity contribution in [1.82, 2.24) is 0 Å². The average Bonchev–Trinajstić information content (AvgIpc) is 2.62. The molecule has 0 radical (unpaired) electrons. The Morgan fingerprint density at radius 3 is 2.63 bits per heavy atom. The molecule has 0 spiro atoms. The summed E-state index contributed by atoms with van der Waals surface area (Å²) in [4.78, 5) is 34.4. The first-order valence-electron chi connectivity index (χ1n) is 5.99. The normalized spacial score (nSPS) is 17.5. The van der Waals surface area contributed by atoms with E-state index in [2.05, 4.69) is 4.74 Å². The van der Waals surface area contributed by atoms with Crippen LogP contribution in [0.3, 0.4) is 0 Å². The lowest BCUT2D eigenvalue weighted by molar-refractivity contribution is -0.130. The third-order valence-electron chi connectivity index (χ3n) is 2.78. The first kappa shape index (κ1) is 13.3. The van der Waals surface area contributed by atoms with Crippen LogP contribution in [0.4, 0.5) is 0 Å². The molecule has 2 rings (SSSR count). The summed E-state index contributed by atoms with van der Waals surface area (Å²) in [5.74, 6) is -0.361. The van der Waals surface area contributed by atoms with E-state index in [-0.39, 0.29) is 17.6 Å². The summed E-state index contributed by atoms with van der Waals surface area (Å²) in [6, 6.07) is 4.81. The fraction of sp³-hybridized carbons (Fsp3) is 0.357. The number of hydrogen-bond donors (Lipinski definition) is 0. The quantitative estimate of drug-likeness (QED) is 0.596. The SMILES string of the molecule is CC(C)COc1cccc2c1C(=O)C(OC=O)C2=O. The van der Waals surface area contributed by atoms with Crippen molar-refractivity contribution in [3.8, 4) is 5.75 Å². The predicted octanol–water partition coefficient (Wildman–Crippen LogP) is 1.64. The highest BCUT2D eigenvalue weighted by atomic mass is 16.5. The van der Waals surface area contributed by atoms with Gasteiger partial charge in [0, 0.05) is 5.56 Å². The molecule has 0 aliphatic heterocycles. The standard InChI is InChI=1S/C14H14O5/c1-8(2)6-18-10-5-3-4-9-11(10)13(17)14(12(9)16)19-7-15/h3-5,7-8,14H,6H2,1-2H3. The van der Waals surface area contributed by atoms with E-state index in [0.29, 0.717) is 18.3 Å².